The number of carbonyl (C=O) groups excluding carboxylic acids is 1. The lowest BCUT2D eigenvalue weighted by Gasteiger charge is -2.25. The van der Waals surface area contributed by atoms with Gasteiger partial charge in [0.05, 0.1) is 11.8 Å². The number of nitrogens with zero attached hydrogens (tertiary/aromatic N) is 3. The summed E-state index contributed by atoms with van der Waals surface area (Å²) < 4.78 is 8.16. The van der Waals surface area contributed by atoms with Gasteiger partial charge in [0, 0.05) is 6.04 Å². The molecule has 1 aliphatic rings. The van der Waals surface area contributed by atoms with E-state index in [-0.39, 0.29) is 11.9 Å². The lowest BCUT2D eigenvalue weighted by atomic mass is 9.95. The summed E-state index contributed by atoms with van der Waals surface area (Å²) in [6.07, 6.45) is 5.92. The molecule has 6 nitrogen and oxygen atoms in total. The van der Waals surface area contributed by atoms with Crippen molar-refractivity contribution < 1.29 is 9.53 Å². The molecule has 1 atom stereocenters. The van der Waals surface area contributed by atoms with Crippen LogP contribution in [0.4, 0.5) is 0 Å². The van der Waals surface area contributed by atoms with E-state index in [1.807, 2.05) is 67.6 Å². The highest BCUT2D eigenvalue weighted by molar-refractivity contribution is 7.99. The summed E-state index contributed by atoms with van der Waals surface area (Å²) in [6.45, 7) is 2.37. The molecule has 4 rings (SSSR count). The highest BCUT2D eigenvalue weighted by Crippen LogP contribution is 2.33. The van der Waals surface area contributed by atoms with Gasteiger partial charge in [0.2, 0.25) is 5.91 Å². The Hall–Kier alpha value is -2.80. The predicted molar refractivity (Wildman–Crippen MR) is 127 cm³/mol. The van der Waals surface area contributed by atoms with Gasteiger partial charge in [-0.25, -0.2) is 0 Å². The Morgan fingerprint density at radius 2 is 1.75 bits per heavy atom. The Kier molecular flexibility index (Phi) is 7.82. The lowest BCUT2D eigenvalue weighted by Crippen LogP contribution is -2.28. The molecule has 0 radical (unpaired) electrons. The van der Waals surface area contributed by atoms with E-state index >= 15 is 0 Å². The van der Waals surface area contributed by atoms with Gasteiger partial charge >= 0.3 is 0 Å². The number of benzene rings is 2. The SMILES string of the molecule is CC(NC(=O)CSc1nnc(COc2ccccc2)n1C1CCCCC1)c1ccccc1. The van der Waals surface area contributed by atoms with Crippen LogP contribution in [0.3, 0.4) is 0 Å². The third-order valence-corrected chi connectivity index (χ3v) is 6.74. The van der Waals surface area contributed by atoms with E-state index in [0.29, 0.717) is 18.4 Å². The van der Waals surface area contributed by atoms with Gasteiger partial charge in [0.15, 0.2) is 11.0 Å². The van der Waals surface area contributed by atoms with Gasteiger partial charge in [-0.1, -0.05) is 79.6 Å². The fourth-order valence-electron chi connectivity index (χ4n) is 4.11. The van der Waals surface area contributed by atoms with Crippen LogP contribution in [0, 0.1) is 0 Å². The van der Waals surface area contributed by atoms with E-state index in [4.69, 9.17) is 4.74 Å². The molecule has 1 N–H and O–H groups in total. The molecule has 1 saturated carbocycles. The van der Waals surface area contributed by atoms with E-state index in [2.05, 4.69) is 20.1 Å². The van der Waals surface area contributed by atoms with Gasteiger partial charge in [-0.15, -0.1) is 10.2 Å². The standard InChI is InChI=1S/C25H30N4O2S/c1-19(20-11-5-2-6-12-20)26-24(30)18-32-25-28-27-23(17-31-22-15-9-4-10-16-22)29(25)21-13-7-3-8-14-21/h2,4-6,9-12,15-16,19,21H,3,7-8,13-14,17-18H2,1H3,(H,26,30). The second-order valence-corrected chi connectivity index (χ2v) is 9.09. The Bertz CT molecular complexity index is 988. The highest BCUT2D eigenvalue weighted by atomic mass is 32.2. The normalized spacial score (nSPS) is 15.3. The number of aromatic nitrogens is 3. The fraction of sp³-hybridized carbons (Fsp3) is 0.400. The van der Waals surface area contributed by atoms with Crippen LogP contribution in [-0.4, -0.2) is 26.4 Å². The monoisotopic (exact) mass is 450 g/mol. The van der Waals surface area contributed by atoms with Crippen molar-refractivity contribution in [3.8, 4) is 5.75 Å². The zero-order valence-electron chi connectivity index (χ0n) is 18.4. The minimum Gasteiger partial charge on any atom is -0.486 e. The average Bonchev–Trinajstić information content (AvgIpc) is 3.26. The Balaban J connectivity index is 1.41. The zero-order chi connectivity index (χ0) is 22.2. The first-order valence-corrected chi connectivity index (χ1v) is 12.3. The van der Waals surface area contributed by atoms with Gasteiger partial charge in [0.25, 0.3) is 0 Å². The number of hydrogen-bond donors (Lipinski definition) is 1. The number of carbonyl (C=O) groups is 1. The Morgan fingerprint density at radius 3 is 2.47 bits per heavy atom. The van der Waals surface area contributed by atoms with Crippen LogP contribution >= 0.6 is 11.8 Å². The van der Waals surface area contributed by atoms with E-state index in [1.54, 1.807) is 0 Å². The molecular formula is C25H30N4O2S. The maximum Gasteiger partial charge on any atom is 0.230 e. The molecular weight excluding hydrogens is 420 g/mol. The third-order valence-electron chi connectivity index (χ3n) is 5.80. The predicted octanol–water partition coefficient (Wildman–Crippen LogP) is 5.33. The molecule has 1 amide bonds. The fourth-order valence-corrected chi connectivity index (χ4v) is 4.95. The van der Waals surface area contributed by atoms with Crippen molar-refractivity contribution in [3.63, 3.8) is 0 Å². The first-order chi connectivity index (χ1) is 15.7. The maximum atomic E-state index is 12.6. The van der Waals surface area contributed by atoms with Gasteiger partial charge < -0.3 is 10.1 Å². The van der Waals surface area contributed by atoms with Crippen LogP contribution in [0.15, 0.2) is 65.8 Å². The average molecular weight is 451 g/mol. The summed E-state index contributed by atoms with van der Waals surface area (Å²) in [4.78, 5) is 12.6. The molecule has 32 heavy (non-hydrogen) atoms. The molecule has 1 heterocycles. The second kappa shape index (κ2) is 11.2. The van der Waals surface area contributed by atoms with E-state index in [1.165, 1.54) is 31.0 Å². The summed E-state index contributed by atoms with van der Waals surface area (Å²) in [5, 5.41) is 12.7. The number of ether oxygens (including phenoxy) is 1. The summed E-state index contributed by atoms with van der Waals surface area (Å²) in [7, 11) is 0. The summed E-state index contributed by atoms with van der Waals surface area (Å²) in [6, 6.07) is 20.1. The minimum atomic E-state index is -0.0321. The Labute approximate surface area is 193 Å². The van der Waals surface area contributed by atoms with Crippen molar-refractivity contribution in [2.24, 2.45) is 0 Å². The molecule has 0 aliphatic heterocycles. The molecule has 1 fully saturated rings. The van der Waals surface area contributed by atoms with E-state index < -0.39 is 0 Å². The van der Waals surface area contributed by atoms with E-state index in [0.717, 1.165) is 35.1 Å². The van der Waals surface area contributed by atoms with E-state index in [9.17, 15) is 4.79 Å². The lowest BCUT2D eigenvalue weighted by molar-refractivity contribution is -0.119. The van der Waals surface area contributed by atoms with Crippen LogP contribution in [-0.2, 0) is 11.4 Å². The first-order valence-electron chi connectivity index (χ1n) is 11.3. The maximum absolute atomic E-state index is 12.6. The number of thioether (sulfide) groups is 1. The van der Waals surface area contributed by atoms with Crippen molar-refractivity contribution in [3.05, 3.63) is 72.1 Å². The van der Waals surface area contributed by atoms with Crippen LogP contribution in [0.1, 0.15) is 62.5 Å². The van der Waals surface area contributed by atoms with Gasteiger partial charge in [-0.05, 0) is 37.5 Å². The number of nitrogens with one attached hydrogen (secondary N) is 1. The van der Waals surface area contributed by atoms with Crippen molar-refractivity contribution in [2.45, 2.75) is 62.9 Å². The van der Waals surface area contributed by atoms with Crippen molar-refractivity contribution in [1.29, 1.82) is 0 Å². The van der Waals surface area contributed by atoms with Gasteiger partial charge in [0.1, 0.15) is 12.4 Å². The van der Waals surface area contributed by atoms with Crippen LogP contribution < -0.4 is 10.1 Å². The second-order valence-electron chi connectivity index (χ2n) is 8.15. The number of para-hydroxylation sites is 1. The highest BCUT2D eigenvalue weighted by Gasteiger charge is 2.24. The molecule has 1 aromatic heterocycles. The molecule has 0 saturated heterocycles. The summed E-state index contributed by atoms with van der Waals surface area (Å²) in [5.74, 6) is 1.93. The molecule has 1 aliphatic carbocycles. The zero-order valence-corrected chi connectivity index (χ0v) is 19.3. The summed E-state index contributed by atoms with van der Waals surface area (Å²) in [5.41, 5.74) is 1.09. The van der Waals surface area contributed by atoms with Crippen LogP contribution in [0.5, 0.6) is 5.75 Å². The van der Waals surface area contributed by atoms with Crippen LogP contribution in [0.2, 0.25) is 0 Å². The molecule has 168 valence electrons. The largest absolute Gasteiger partial charge is 0.486 e. The molecule has 1 unspecified atom stereocenters. The molecule has 0 spiro atoms. The Morgan fingerprint density at radius 1 is 1.06 bits per heavy atom. The number of rotatable bonds is 9. The molecule has 2 aromatic carbocycles. The van der Waals surface area contributed by atoms with Crippen molar-refractivity contribution >= 4 is 17.7 Å². The molecule has 7 heteroatoms. The van der Waals surface area contributed by atoms with Gasteiger partial charge in [-0.3, -0.25) is 9.36 Å². The first kappa shape index (κ1) is 22.4. The minimum absolute atomic E-state index is 0.00775. The number of hydrogen-bond acceptors (Lipinski definition) is 5. The van der Waals surface area contributed by atoms with Crippen molar-refractivity contribution in [1.82, 2.24) is 20.1 Å². The summed E-state index contributed by atoms with van der Waals surface area (Å²) >= 11 is 1.45. The molecule has 0 bridgehead atoms. The quantitative estimate of drug-likeness (QED) is 0.446. The molecule has 3 aromatic rings. The van der Waals surface area contributed by atoms with Crippen LogP contribution in [0.25, 0.3) is 0 Å². The smallest absolute Gasteiger partial charge is 0.230 e. The third kappa shape index (κ3) is 5.91. The van der Waals surface area contributed by atoms with Gasteiger partial charge in [-0.2, -0.15) is 0 Å². The van der Waals surface area contributed by atoms with Crippen molar-refractivity contribution in [2.75, 3.05) is 5.75 Å². The number of amides is 1. The topological polar surface area (TPSA) is 69.0 Å².